The van der Waals surface area contributed by atoms with Crippen LogP contribution in [0.25, 0.3) is 10.9 Å². The molecular formula is C18H23FN2O2. The van der Waals surface area contributed by atoms with Crippen LogP contribution >= 0.6 is 0 Å². The van der Waals surface area contributed by atoms with Gasteiger partial charge in [0.25, 0.3) is 0 Å². The average molecular weight is 318 g/mol. The molecule has 0 saturated heterocycles. The molecule has 0 amide bonds. The number of nitrogens with one attached hydrogen (secondary N) is 2. The van der Waals surface area contributed by atoms with Gasteiger partial charge in [0.05, 0.1) is 6.61 Å². The summed E-state index contributed by atoms with van der Waals surface area (Å²) < 4.78 is 18.6. The van der Waals surface area contributed by atoms with E-state index in [-0.39, 0.29) is 10.8 Å². The van der Waals surface area contributed by atoms with E-state index in [1.807, 2.05) is 0 Å². The number of aromatic nitrogens is 1. The van der Waals surface area contributed by atoms with Crippen molar-refractivity contribution >= 4 is 10.9 Å². The Bertz CT molecular complexity index is 735. The Balaban J connectivity index is 1.70. The summed E-state index contributed by atoms with van der Waals surface area (Å²) in [5.41, 5.74) is 1.56. The highest BCUT2D eigenvalue weighted by Crippen LogP contribution is 2.37. The molecule has 0 atom stereocenters. The Morgan fingerprint density at radius 3 is 2.83 bits per heavy atom. The van der Waals surface area contributed by atoms with E-state index >= 15 is 0 Å². The standard InChI is InChI=1S/C18H23FN2O2/c1-23-12-18(6-2-3-7-18)11-20-10-14-9-17(22)15-8-13(19)4-5-16(15)21-14/h4-5,8-9,20H,2-3,6-7,10-12H2,1H3,(H,21,22). The predicted octanol–water partition coefficient (Wildman–Crippen LogP) is 2.96. The lowest BCUT2D eigenvalue weighted by atomic mass is 9.87. The molecule has 1 heterocycles. The van der Waals surface area contributed by atoms with Crippen LogP contribution in [0.5, 0.6) is 0 Å². The summed E-state index contributed by atoms with van der Waals surface area (Å²) >= 11 is 0. The van der Waals surface area contributed by atoms with Crippen molar-refractivity contribution in [3.63, 3.8) is 0 Å². The number of ether oxygens (including phenoxy) is 1. The lowest BCUT2D eigenvalue weighted by Crippen LogP contribution is -2.35. The quantitative estimate of drug-likeness (QED) is 0.861. The van der Waals surface area contributed by atoms with Crippen molar-refractivity contribution in [2.45, 2.75) is 32.2 Å². The lowest BCUT2D eigenvalue weighted by molar-refractivity contribution is 0.0824. The Hall–Kier alpha value is -1.72. The minimum absolute atomic E-state index is 0.150. The molecule has 0 spiro atoms. The van der Waals surface area contributed by atoms with Crippen LogP contribution in [0.1, 0.15) is 31.4 Å². The molecule has 0 bridgehead atoms. The van der Waals surface area contributed by atoms with Crippen molar-refractivity contribution in [1.29, 1.82) is 0 Å². The van der Waals surface area contributed by atoms with E-state index < -0.39 is 5.82 Å². The van der Waals surface area contributed by atoms with Crippen LogP contribution < -0.4 is 10.7 Å². The van der Waals surface area contributed by atoms with Crippen molar-refractivity contribution < 1.29 is 9.13 Å². The lowest BCUT2D eigenvalue weighted by Gasteiger charge is -2.28. The number of halogens is 1. The minimum atomic E-state index is -0.392. The third kappa shape index (κ3) is 3.62. The zero-order chi connectivity index (χ0) is 16.3. The Kier molecular flexibility index (Phi) is 4.78. The largest absolute Gasteiger partial charge is 0.384 e. The van der Waals surface area contributed by atoms with Crippen LogP contribution in [0.15, 0.2) is 29.1 Å². The maximum absolute atomic E-state index is 13.2. The van der Waals surface area contributed by atoms with Gasteiger partial charge in [0.1, 0.15) is 5.82 Å². The van der Waals surface area contributed by atoms with Gasteiger partial charge in [0.15, 0.2) is 5.43 Å². The third-order valence-corrected chi connectivity index (χ3v) is 4.78. The number of hydrogen-bond acceptors (Lipinski definition) is 3. The van der Waals surface area contributed by atoms with Crippen molar-refractivity contribution in [3.8, 4) is 0 Å². The molecule has 1 fully saturated rings. The second-order valence-electron chi connectivity index (χ2n) is 6.59. The minimum Gasteiger partial charge on any atom is -0.384 e. The number of aromatic amines is 1. The summed E-state index contributed by atoms with van der Waals surface area (Å²) in [5, 5.41) is 3.84. The fourth-order valence-corrected chi connectivity index (χ4v) is 3.64. The van der Waals surface area contributed by atoms with Crippen molar-refractivity contribution in [3.05, 3.63) is 46.0 Å². The predicted molar refractivity (Wildman–Crippen MR) is 89.0 cm³/mol. The fraction of sp³-hybridized carbons (Fsp3) is 0.500. The molecule has 1 aliphatic carbocycles. The van der Waals surface area contributed by atoms with Crippen molar-refractivity contribution in [2.24, 2.45) is 5.41 Å². The number of pyridine rings is 1. The summed E-state index contributed by atoms with van der Waals surface area (Å²) in [6, 6.07) is 5.80. The van der Waals surface area contributed by atoms with E-state index in [4.69, 9.17) is 4.74 Å². The van der Waals surface area contributed by atoms with Gasteiger partial charge < -0.3 is 15.0 Å². The van der Waals surface area contributed by atoms with Gasteiger partial charge in [-0.05, 0) is 31.0 Å². The number of benzene rings is 1. The Morgan fingerprint density at radius 2 is 2.09 bits per heavy atom. The normalized spacial score (nSPS) is 17.0. The smallest absolute Gasteiger partial charge is 0.189 e. The molecule has 0 radical (unpaired) electrons. The molecule has 1 aliphatic rings. The molecule has 5 heteroatoms. The summed E-state index contributed by atoms with van der Waals surface area (Å²) in [5.74, 6) is -0.392. The number of rotatable bonds is 6. The van der Waals surface area contributed by atoms with Gasteiger partial charge in [-0.2, -0.15) is 0 Å². The Labute approximate surface area is 135 Å². The first-order chi connectivity index (χ1) is 11.1. The zero-order valence-electron chi connectivity index (χ0n) is 13.5. The molecular weight excluding hydrogens is 295 g/mol. The van der Waals surface area contributed by atoms with Gasteiger partial charge in [-0.1, -0.05) is 12.8 Å². The van der Waals surface area contributed by atoms with Gasteiger partial charge in [-0.3, -0.25) is 4.79 Å². The zero-order valence-corrected chi connectivity index (χ0v) is 13.5. The number of methoxy groups -OCH3 is 1. The van der Waals surface area contributed by atoms with Gasteiger partial charge >= 0.3 is 0 Å². The van der Waals surface area contributed by atoms with E-state index in [2.05, 4.69) is 10.3 Å². The van der Waals surface area contributed by atoms with Gasteiger partial charge in [0.2, 0.25) is 0 Å². The molecule has 1 aromatic carbocycles. The average Bonchev–Trinajstić information content (AvgIpc) is 2.97. The Morgan fingerprint density at radius 1 is 1.30 bits per heavy atom. The number of H-pyrrole nitrogens is 1. The molecule has 1 saturated carbocycles. The first kappa shape index (κ1) is 16.1. The SMILES string of the molecule is COCC1(CNCc2cc(=O)c3cc(F)ccc3[nH]2)CCCC1. The molecule has 3 rings (SSSR count). The van der Waals surface area contributed by atoms with Crippen LogP contribution in [0.2, 0.25) is 0 Å². The molecule has 0 aliphatic heterocycles. The van der Waals surface area contributed by atoms with Crippen molar-refractivity contribution in [2.75, 3.05) is 20.3 Å². The molecule has 0 unspecified atom stereocenters. The highest BCUT2D eigenvalue weighted by molar-refractivity contribution is 5.78. The van der Waals surface area contributed by atoms with Crippen LogP contribution in [0.4, 0.5) is 4.39 Å². The van der Waals surface area contributed by atoms with Crippen LogP contribution in [-0.4, -0.2) is 25.2 Å². The summed E-state index contributed by atoms with van der Waals surface area (Å²) in [6.07, 6.45) is 4.87. The second kappa shape index (κ2) is 6.81. The van der Waals surface area contributed by atoms with E-state index in [0.717, 1.165) is 18.8 Å². The monoisotopic (exact) mass is 318 g/mol. The molecule has 4 nitrogen and oxygen atoms in total. The van der Waals surface area contributed by atoms with Crippen LogP contribution in [0, 0.1) is 11.2 Å². The third-order valence-electron chi connectivity index (χ3n) is 4.78. The van der Waals surface area contributed by atoms with Crippen LogP contribution in [-0.2, 0) is 11.3 Å². The maximum atomic E-state index is 13.2. The first-order valence-electron chi connectivity index (χ1n) is 8.13. The maximum Gasteiger partial charge on any atom is 0.189 e. The highest BCUT2D eigenvalue weighted by atomic mass is 19.1. The van der Waals surface area contributed by atoms with Gasteiger partial charge in [0, 0.05) is 48.3 Å². The fourth-order valence-electron chi connectivity index (χ4n) is 3.64. The summed E-state index contributed by atoms with van der Waals surface area (Å²) in [6.45, 7) is 2.24. The van der Waals surface area contributed by atoms with Crippen molar-refractivity contribution in [1.82, 2.24) is 10.3 Å². The molecule has 124 valence electrons. The highest BCUT2D eigenvalue weighted by Gasteiger charge is 2.33. The van der Waals surface area contributed by atoms with E-state index in [9.17, 15) is 9.18 Å². The topological polar surface area (TPSA) is 54.1 Å². The molecule has 2 aromatic rings. The summed E-state index contributed by atoms with van der Waals surface area (Å²) in [7, 11) is 1.75. The molecule has 1 aromatic heterocycles. The van der Waals surface area contributed by atoms with E-state index in [0.29, 0.717) is 17.4 Å². The number of fused-ring (bicyclic) bond motifs is 1. The number of hydrogen-bond donors (Lipinski definition) is 2. The summed E-state index contributed by atoms with van der Waals surface area (Å²) in [4.78, 5) is 15.3. The van der Waals surface area contributed by atoms with E-state index in [1.54, 1.807) is 19.2 Å². The van der Waals surface area contributed by atoms with Crippen LogP contribution in [0.3, 0.4) is 0 Å². The first-order valence-corrected chi connectivity index (χ1v) is 8.13. The second-order valence-corrected chi connectivity index (χ2v) is 6.59. The van der Waals surface area contributed by atoms with Gasteiger partial charge in [-0.25, -0.2) is 4.39 Å². The van der Waals surface area contributed by atoms with E-state index in [1.165, 1.54) is 37.8 Å². The molecule has 2 N–H and O–H groups in total. The molecule has 23 heavy (non-hydrogen) atoms. The van der Waals surface area contributed by atoms with Gasteiger partial charge in [-0.15, -0.1) is 0 Å².